The van der Waals surface area contributed by atoms with E-state index in [2.05, 4.69) is 36.5 Å². The van der Waals surface area contributed by atoms with Crippen molar-refractivity contribution >= 4 is 0 Å². The number of furan rings is 1. The molecule has 3 nitrogen and oxygen atoms in total. The van der Waals surface area contributed by atoms with Crippen LogP contribution in [0.15, 0.2) is 47.1 Å². The van der Waals surface area contributed by atoms with E-state index in [-0.39, 0.29) is 0 Å². The lowest BCUT2D eigenvalue weighted by atomic mass is 10.0. The number of fused-ring (bicyclic) bond motifs is 1. The maximum atomic E-state index is 10.0. The number of hydrogen-bond donors (Lipinski definition) is 2. The molecule has 1 aromatic heterocycles. The van der Waals surface area contributed by atoms with Crippen LogP contribution in [0, 0.1) is 5.92 Å². The molecule has 1 aliphatic rings. The van der Waals surface area contributed by atoms with Crippen LogP contribution in [0.4, 0.5) is 0 Å². The first-order valence-electron chi connectivity index (χ1n) is 6.78. The van der Waals surface area contributed by atoms with Crippen molar-refractivity contribution in [2.75, 3.05) is 6.54 Å². The van der Waals surface area contributed by atoms with E-state index in [1.54, 1.807) is 18.4 Å². The lowest BCUT2D eigenvalue weighted by Gasteiger charge is -2.20. The zero-order chi connectivity index (χ0) is 13.2. The molecule has 0 amide bonds. The van der Waals surface area contributed by atoms with E-state index in [0.29, 0.717) is 24.3 Å². The van der Waals surface area contributed by atoms with Gasteiger partial charge < -0.3 is 14.8 Å². The highest BCUT2D eigenvalue weighted by Crippen LogP contribution is 2.35. The fraction of sp³-hybridized carbons (Fsp3) is 0.375. The summed E-state index contributed by atoms with van der Waals surface area (Å²) in [4.78, 5) is 0. The molecule has 0 saturated heterocycles. The topological polar surface area (TPSA) is 45.4 Å². The smallest absolute Gasteiger partial charge is 0.133 e. The molecule has 0 fully saturated rings. The van der Waals surface area contributed by atoms with Crippen molar-refractivity contribution in [2.24, 2.45) is 5.92 Å². The highest BCUT2D eigenvalue weighted by Gasteiger charge is 2.29. The predicted octanol–water partition coefficient (Wildman–Crippen LogP) is 2.84. The van der Waals surface area contributed by atoms with Gasteiger partial charge in [-0.1, -0.05) is 31.2 Å². The van der Waals surface area contributed by atoms with E-state index in [9.17, 15) is 5.11 Å². The standard InChI is InChI=1S/C16H19NO2/c1-11-9-12-5-2-3-6-13(12)16(11)17-10-14(18)15-7-4-8-19-15/h2-8,11,14,16-18H,9-10H2,1H3. The highest BCUT2D eigenvalue weighted by atomic mass is 16.4. The first kappa shape index (κ1) is 12.5. The van der Waals surface area contributed by atoms with E-state index >= 15 is 0 Å². The van der Waals surface area contributed by atoms with Crippen molar-refractivity contribution in [3.8, 4) is 0 Å². The van der Waals surface area contributed by atoms with Crippen LogP contribution in [0.25, 0.3) is 0 Å². The molecule has 3 atom stereocenters. The van der Waals surface area contributed by atoms with E-state index < -0.39 is 6.10 Å². The first-order chi connectivity index (χ1) is 9.25. The lowest BCUT2D eigenvalue weighted by Crippen LogP contribution is -2.28. The summed E-state index contributed by atoms with van der Waals surface area (Å²) in [5.74, 6) is 1.17. The Labute approximate surface area is 113 Å². The Kier molecular flexibility index (Phi) is 3.40. The number of benzene rings is 1. The Hall–Kier alpha value is -1.58. The molecule has 1 aliphatic carbocycles. The maximum Gasteiger partial charge on any atom is 0.133 e. The first-order valence-corrected chi connectivity index (χ1v) is 6.78. The molecule has 2 aromatic rings. The van der Waals surface area contributed by atoms with Gasteiger partial charge in [0.2, 0.25) is 0 Å². The normalized spacial score (nSPS) is 23.3. The fourth-order valence-corrected chi connectivity index (χ4v) is 2.93. The summed E-state index contributed by atoms with van der Waals surface area (Å²) >= 11 is 0. The number of hydrogen-bond acceptors (Lipinski definition) is 3. The Morgan fingerprint density at radius 1 is 1.32 bits per heavy atom. The van der Waals surface area contributed by atoms with E-state index in [1.165, 1.54) is 11.1 Å². The van der Waals surface area contributed by atoms with E-state index in [0.717, 1.165) is 6.42 Å². The third kappa shape index (κ3) is 2.44. The van der Waals surface area contributed by atoms with Crippen LogP contribution in [0.5, 0.6) is 0 Å². The highest BCUT2D eigenvalue weighted by molar-refractivity contribution is 5.35. The minimum Gasteiger partial charge on any atom is -0.467 e. The molecule has 100 valence electrons. The Balaban J connectivity index is 1.67. The van der Waals surface area contributed by atoms with Crippen LogP contribution < -0.4 is 5.32 Å². The summed E-state index contributed by atoms with van der Waals surface area (Å²) in [6, 6.07) is 12.5. The zero-order valence-electron chi connectivity index (χ0n) is 11.0. The van der Waals surface area contributed by atoms with Crippen molar-refractivity contribution in [1.29, 1.82) is 0 Å². The van der Waals surface area contributed by atoms with Crippen molar-refractivity contribution in [3.63, 3.8) is 0 Å². The molecule has 1 aromatic carbocycles. The summed E-state index contributed by atoms with van der Waals surface area (Å²) in [5, 5.41) is 13.5. The van der Waals surface area contributed by atoms with Crippen LogP contribution in [0.1, 0.15) is 36.0 Å². The number of nitrogens with one attached hydrogen (secondary N) is 1. The third-order valence-corrected chi connectivity index (χ3v) is 3.90. The van der Waals surface area contributed by atoms with E-state index in [4.69, 9.17) is 4.42 Å². The summed E-state index contributed by atoms with van der Waals surface area (Å²) in [5.41, 5.74) is 2.78. The zero-order valence-corrected chi connectivity index (χ0v) is 11.0. The summed E-state index contributed by atoms with van der Waals surface area (Å²) in [7, 11) is 0. The molecule has 0 saturated carbocycles. The molecule has 2 N–H and O–H groups in total. The van der Waals surface area contributed by atoms with Crippen molar-refractivity contribution in [3.05, 3.63) is 59.5 Å². The van der Waals surface area contributed by atoms with Gasteiger partial charge in [-0.15, -0.1) is 0 Å². The van der Waals surface area contributed by atoms with Crippen LogP contribution >= 0.6 is 0 Å². The number of rotatable bonds is 4. The molecule has 3 rings (SSSR count). The summed E-state index contributed by atoms with van der Waals surface area (Å²) < 4.78 is 5.22. The SMILES string of the molecule is CC1Cc2ccccc2C1NCC(O)c1ccco1. The largest absolute Gasteiger partial charge is 0.467 e. The van der Waals surface area contributed by atoms with Gasteiger partial charge in [0.05, 0.1) is 6.26 Å². The second-order valence-corrected chi connectivity index (χ2v) is 5.30. The Bertz CT molecular complexity index is 535. The molecule has 0 aliphatic heterocycles. The van der Waals surface area contributed by atoms with Gasteiger partial charge in [-0.25, -0.2) is 0 Å². The van der Waals surface area contributed by atoms with Gasteiger partial charge in [-0.3, -0.25) is 0 Å². The molecule has 1 heterocycles. The van der Waals surface area contributed by atoms with Gasteiger partial charge in [0.1, 0.15) is 11.9 Å². The molecular weight excluding hydrogens is 238 g/mol. The van der Waals surface area contributed by atoms with E-state index in [1.807, 2.05) is 0 Å². The fourth-order valence-electron chi connectivity index (χ4n) is 2.93. The van der Waals surface area contributed by atoms with Gasteiger partial charge in [-0.05, 0) is 35.6 Å². The molecule has 3 unspecified atom stereocenters. The molecule has 0 bridgehead atoms. The Morgan fingerprint density at radius 3 is 2.95 bits per heavy atom. The van der Waals surface area contributed by atoms with Gasteiger partial charge in [0, 0.05) is 12.6 Å². The summed E-state index contributed by atoms with van der Waals surface area (Å²) in [6.45, 7) is 2.76. The van der Waals surface area contributed by atoms with Crippen molar-refractivity contribution < 1.29 is 9.52 Å². The molecule has 0 spiro atoms. The van der Waals surface area contributed by atoms with Gasteiger partial charge in [0.15, 0.2) is 0 Å². The third-order valence-electron chi connectivity index (χ3n) is 3.90. The minimum atomic E-state index is -0.588. The molecule has 0 radical (unpaired) electrons. The summed E-state index contributed by atoms with van der Waals surface area (Å²) in [6.07, 6.45) is 2.10. The average Bonchev–Trinajstić information content (AvgIpc) is 3.03. The van der Waals surface area contributed by atoms with Crippen molar-refractivity contribution in [2.45, 2.75) is 25.5 Å². The molecular formula is C16H19NO2. The van der Waals surface area contributed by atoms with Crippen LogP contribution in [0.2, 0.25) is 0 Å². The molecule has 3 heteroatoms. The Morgan fingerprint density at radius 2 is 2.16 bits per heavy atom. The second-order valence-electron chi connectivity index (χ2n) is 5.30. The lowest BCUT2D eigenvalue weighted by molar-refractivity contribution is 0.140. The van der Waals surface area contributed by atoms with Gasteiger partial charge >= 0.3 is 0 Å². The minimum absolute atomic E-state index is 0.320. The molecule has 19 heavy (non-hydrogen) atoms. The quantitative estimate of drug-likeness (QED) is 0.885. The number of aliphatic hydroxyl groups is 1. The maximum absolute atomic E-state index is 10.0. The second kappa shape index (κ2) is 5.19. The number of aliphatic hydroxyl groups excluding tert-OH is 1. The van der Waals surface area contributed by atoms with Crippen molar-refractivity contribution in [1.82, 2.24) is 5.32 Å². The monoisotopic (exact) mass is 257 g/mol. The van der Waals surface area contributed by atoms with Gasteiger partial charge in [0.25, 0.3) is 0 Å². The van der Waals surface area contributed by atoms with Gasteiger partial charge in [-0.2, -0.15) is 0 Å². The van der Waals surface area contributed by atoms with Crippen LogP contribution in [-0.2, 0) is 6.42 Å². The average molecular weight is 257 g/mol. The van der Waals surface area contributed by atoms with Crippen LogP contribution in [0.3, 0.4) is 0 Å². The predicted molar refractivity (Wildman–Crippen MR) is 73.7 cm³/mol. The van der Waals surface area contributed by atoms with Crippen LogP contribution in [-0.4, -0.2) is 11.7 Å².